The number of nitrogens with zero attached hydrogens (tertiary/aromatic N) is 1. The Hall–Kier alpha value is 0.270. The van der Waals surface area contributed by atoms with Crippen LogP contribution in [0.5, 0.6) is 0 Å². The summed E-state index contributed by atoms with van der Waals surface area (Å²) in [5, 5.41) is 0. The lowest BCUT2D eigenvalue weighted by atomic mass is 9.83. The normalized spacial score (nSPS) is 36.2. The highest BCUT2D eigenvalue weighted by atomic mass is 32.2. The van der Waals surface area contributed by atoms with E-state index in [9.17, 15) is 0 Å². The van der Waals surface area contributed by atoms with E-state index in [1.54, 1.807) is 0 Å². The second-order valence-corrected chi connectivity index (χ2v) is 6.95. The van der Waals surface area contributed by atoms with Crippen LogP contribution in [0.3, 0.4) is 0 Å². The molecule has 16 heavy (non-hydrogen) atoms. The van der Waals surface area contributed by atoms with Gasteiger partial charge in [-0.3, -0.25) is 4.90 Å². The maximum Gasteiger partial charge on any atom is 0.0350 e. The minimum absolute atomic E-state index is 0.333. The first-order chi connectivity index (χ1) is 7.68. The van der Waals surface area contributed by atoms with Crippen LogP contribution in [0.1, 0.15) is 39.5 Å². The van der Waals surface area contributed by atoms with E-state index >= 15 is 0 Å². The van der Waals surface area contributed by atoms with E-state index in [0.717, 1.165) is 18.5 Å². The number of nitrogens with two attached hydrogens (primary N) is 1. The van der Waals surface area contributed by atoms with Gasteiger partial charge in [-0.25, -0.2) is 0 Å². The Bertz CT molecular complexity index is 226. The molecule has 2 fully saturated rings. The van der Waals surface area contributed by atoms with E-state index < -0.39 is 0 Å². The van der Waals surface area contributed by atoms with Gasteiger partial charge in [-0.05, 0) is 50.0 Å². The summed E-state index contributed by atoms with van der Waals surface area (Å²) < 4.78 is 0. The van der Waals surface area contributed by atoms with Crippen molar-refractivity contribution in [2.24, 2.45) is 11.7 Å². The monoisotopic (exact) mass is 242 g/mol. The van der Waals surface area contributed by atoms with Gasteiger partial charge in [-0.2, -0.15) is 11.8 Å². The van der Waals surface area contributed by atoms with E-state index in [0.29, 0.717) is 5.54 Å². The van der Waals surface area contributed by atoms with Crippen LogP contribution in [0.25, 0.3) is 0 Å². The van der Waals surface area contributed by atoms with Crippen molar-refractivity contribution in [3.8, 4) is 0 Å². The maximum atomic E-state index is 6.13. The zero-order valence-electron chi connectivity index (χ0n) is 10.7. The third-order valence-corrected chi connectivity index (χ3v) is 5.52. The standard InChI is InChI=1S/C13H26N2S/c1-11-3-4-12(2)15(9-11)13(10-14)5-7-16-8-6-13/h11-12H,3-10,14H2,1-2H3. The summed E-state index contributed by atoms with van der Waals surface area (Å²) >= 11 is 2.10. The predicted molar refractivity (Wildman–Crippen MR) is 72.9 cm³/mol. The topological polar surface area (TPSA) is 29.3 Å². The SMILES string of the molecule is CC1CCC(C)N(C2(CN)CCSCC2)C1. The molecular weight excluding hydrogens is 216 g/mol. The van der Waals surface area contributed by atoms with Crippen LogP contribution in [0.4, 0.5) is 0 Å². The van der Waals surface area contributed by atoms with Gasteiger partial charge in [0.05, 0.1) is 0 Å². The fourth-order valence-electron chi connectivity index (χ4n) is 3.31. The van der Waals surface area contributed by atoms with Gasteiger partial charge in [-0.1, -0.05) is 6.92 Å². The van der Waals surface area contributed by atoms with E-state index in [-0.39, 0.29) is 0 Å². The molecule has 2 unspecified atom stereocenters. The van der Waals surface area contributed by atoms with Crippen LogP contribution >= 0.6 is 11.8 Å². The van der Waals surface area contributed by atoms with Crippen molar-refractivity contribution in [2.75, 3.05) is 24.6 Å². The van der Waals surface area contributed by atoms with Crippen LogP contribution in [-0.4, -0.2) is 41.1 Å². The molecule has 2 nitrogen and oxygen atoms in total. The van der Waals surface area contributed by atoms with Crippen molar-refractivity contribution in [2.45, 2.75) is 51.1 Å². The Labute approximate surface area is 104 Å². The number of hydrogen-bond donors (Lipinski definition) is 1. The van der Waals surface area contributed by atoms with E-state index in [2.05, 4.69) is 30.5 Å². The maximum absolute atomic E-state index is 6.13. The van der Waals surface area contributed by atoms with Crippen LogP contribution in [0, 0.1) is 5.92 Å². The Kier molecular flexibility index (Phi) is 4.20. The third-order valence-electron chi connectivity index (χ3n) is 4.53. The van der Waals surface area contributed by atoms with E-state index in [1.165, 1.54) is 43.7 Å². The first kappa shape index (κ1) is 12.7. The fourth-order valence-corrected chi connectivity index (χ4v) is 4.56. The first-order valence-electron chi connectivity index (χ1n) is 6.72. The molecule has 0 bridgehead atoms. The van der Waals surface area contributed by atoms with Gasteiger partial charge in [0.1, 0.15) is 0 Å². The molecule has 94 valence electrons. The van der Waals surface area contributed by atoms with E-state index in [4.69, 9.17) is 5.73 Å². The van der Waals surface area contributed by atoms with Gasteiger partial charge >= 0.3 is 0 Å². The molecule has 0 aromatic carbocycles. The van der Waals surface area contributed by atoms with Gasteiger partial charge in [0.15, 0.2) is 0 Å². The molecular formula is C13H26N2S. The van der Waals surface area contributed by atoms with Gasteiger partial charge in [0.2, 0.25) is 0 Å². The molecule has 2 saturated heterocycles. The highest BCUT2D eigenvalue weighted by Gasteiger charge is 2.41. The van der Waals surface area contributed by atoms with Crippen molar-refractivity contribution in [3.05, 3.63) is 0 Å². The summed E-state index contributed by atoms with van der Waals surface area (Å²) in [5.41, 5.74) is 6.46. The molecule has 0 amide bonds. The van der Waals surface area contributed by atoms with Gasteiger partial charge in [0.25, 0.3) is 0 Å². The molecule has 2 aliphatic heterocycles. The average molecular weight is 242 g/mol. The second-order valence-electron chi connectivity index (χ2n) is 5.72. The van der Waals surface area contributed by atoms with Crippen LogP contribution in [0.2, 0.25) is 0 Å². The third kappa shape index (κ3) is 2.41. The van der Waals surface area contributed by atoms with Gasteiger partial charge in [-0.15, -0.1) is 0 Å². The smallest absolute Gasteiger partial charge is 0.0350 e. The molecule has 0 spiro atoms. The van der Waals surface area contributed by atoms with Crippen molar-refractivity contribution >= 4 is 11.8 Å². The largest absolute Gasteiger partial charge is 0.329 e. The molecule has 2 N–H and O–H groups in total. The minimum atomic E-state index is 0.333. The number of rotatable bonds is 2. The molecule has 2 atom stereocenters. The second kappa shape index (κ2) is 5.28. The molecule has 0 aromatic rings. The summed E-state index contributed by atoms with van der Waals surface area (Å²) in [4.78, 5) is 2.75. The summed E-state index contributed by atoms with van der Waals surface area (Å²) in [7, 11) is 0. The number of thioether (sulfide) groups is 1. The Morgan fingerprint density at radius 1 is 1.25 bits per heavy atom. The van der Waals surface area contributed by atoms with Gasteiger partial charge < -0.3 is 5.73 Å². The number of likely N-dealkylation sites (tertiary alicyclic amines) is 1. The summed E-state index contributed by atoms with van der Waals surface area (Å²) in [6.07, 6.45) is 5.35. The predicted octanol–water partition coefficient (Wildman–Crippen LogP) is 2.33. The molecule has 0 saturated carbocycles. The highest BCUT2D eigenvalue weighted by Crippen LogP contribution is 2.37. The van der Waals surface area contributed by atoms with Crippen molar-refractivity contribution in [1.82, 2.24) is 4.90 Å². The van der Waals surface area contributed by atoms with Crippen LogP contribution in [0.15, 0.2) is 0 Å². The van der Waals surface area contributed by atoms with Crippen molar-refractivity contribution in [1.29, 1.82) is 0 Å². The number of hydrogen-bond acceptors (Lipinski definition) is 3. The average Bonchev–Trinajstić information content (AvgIpc) is 2.33. The van der Waals surface area contributed by atoms with Crippen molar-refractivity contribution < 1.29 is 0 Å². The lowest BCUT2D eigenvalue weighted by Crippen LogP contribution is -2.61. The zero-order valence-corrected chi connectivity index (χ0v) is 11.6. The molecule has 0 aromatic heterocycles. The fraction of sp³-hybridized carbons (Fsp3) is 1.00. The molecule has 2 heterocycles. The zero-order chi connectivity index (χ0) is 11.6. The number of piperidine rings is 1. The Morgan fingerprint density at radius 3 is 2.56 bits per heavy atom. The van der Waals surface area contributed by atoms with Gasteiger partial charge in [0, 0.05) is 24.7 Å². The highest BCUT2D eigenvalue weighted by molar-refractivity contribution is 7.99. The lowest BCUT2D eigenvalue weighted by Gasteiger charge is -2.52. The van der Waals surface area contributed by atoms with Crippen LogP contribution < -0.4 is 5.73 Å². The molecule has 2 rings (SSSR count). The molecule has 2 aliphatic rings. The first-order valence-corrected chi connectivity index (χ1v) is 7.88. The van der Waals surface area contributed by atoms with E-state index in [1.807, 2.05) is 0 Å². The summed E-state index contributed by atoms with van der Waals surface area (Å²) in [6.45, 7) is 6.90. The Balaban J connectivity index is 2.11. The summed E-state index contributed by atoms with van der Waals surface area (Å²) in [6, 6.07) is 0.739. The molecule has 3 heteroatoms. The summed E-state index contributed by atoms with van der Waals surface area (Å²) in [5.74, 6) is 3.46. The van der Waals surface area contributed by atoms with Crippen LogP contribution in [-0.2, 0) is 0 Å². The Morgan fingerprint density at radius 2 is 1.94 bits per heavy atom. The quantitative estimate of drug-likeness (QED) is 0.806. The molecule has 0 radical (unpaired) electrons. The molecule has 0 aliphatic carbocycles. The minimum Gasteiger partial charge on any atom is -0.329 e. The van der Waals surface area contributed by atoms with Crippen molar-refractivity contribution in [3.63, 3.8) is 0 Å². The lowest BCUT2D eigenvalue weighted by molar-refractivity contribution is 0.00470.